The van der Waals surface area contributed by atoms with Crippen LogP contribution in [0.4, 0.5) is 0 Å². The number of pyridine rings is 1. The summed E-state index contributed by atoms with van der Waals surface area (Å²) in [5, 5.41) is 3.61. The molecule has 1 aliphatic rings. The molecule has 0 aliphatic carbocycles. The summed E-state index contributed by atoms with van der Waals surface area (Å²) in [5.74, 6) is 0. The van der Waals surface area contributed by atoms with E-state index >= 15 is 0 Å². The van der Waals surface area contributed by atoms with Crippen molar-refractivity contribution in [2.45, 2.75) is 44.7 Å². The van der Waals surface area contributed by atoms with Crippen molar-refractivity contribution in [2.75, 3.05) is 20.1 Å². The molecule has 3 heteroatoms. The van der Waals surface area contributed by atoms with E-state index < -0.39 is 0 Å². The highest BCUT2D eigenvalue weighted by atomic mass is 15.1. The third-order valence-corrected chi connectivity index (χ3v) is 4.06. The number of nitrogens with one attached hydrogen (secondary N) is 1. The molecule has 1 aromatic heterocycles. The Morgan fingerprint density at radius 1 is 1.39 bits per heavy atom. The Balaban J connectivity index is 1.71. The van der Waals surface area contributed by atoms with Crippen LogP contribution in [0.5, 0.6) is 0 Å². The minimum atomic E-state index is 0.418. The van der Waals surface area contributed by atoms with E-state index in [4.69, 9.17) is 0 Å². The normalized spacial score (nSPS) is 22.9. The molecule has 1 fully saturated rings. The Hall–Kier alpha value is -0.930. The van der Waals surface area contributed by atoms with Crippen LogP contribution >= 0.6 is 0 Å². The quantitative estimate of drug-likeness (QED) is 0.867. The first-order valence-electron chi connectivity index (χ1n) is 7.11. The van der Waals surface area contributed by atoms with Crippen LogP contribution in [-0.4, -0.2) is 36.1 Å². The van der Waals surface area contributed by atoms with Crippen molar-refractivity contribution >= 4 is 0 Å². The highest BCUT2D eigenvalue weighted by Gasteiger charge is 2.18. The molecule has 0 bridgehead atoms. The van der Waals surface area contributed by atoms with Gasteiger partial charge in [0.05, 0.1) is 0 Å². The van der Waals surface area contributed by atoms with Crippen LogP contribution in [0.3, 0.4) is 0 Å². The number of likely N-dealkylation sites (tertiary alicyclic amines) is 1. The van der Waals surface area contributed by atoms with Gasteiger partial charge in [-0.2, -0.15) is 0 Å². The van der Waals surface area contributed by atoms with Crippen LogP contribution in [0.15, 0.2) is 24.5 Å². The zero-order valence-electron chi connectivity index (χ0n) is 11.6. The van der Waals surface area contributed by atoms with E-state index in [1.165, 1.54) is 37.8 Å². The van der Waals surface area contributed by atoms with Gasteiger partial charge in [-0.25, -0.2) is 0 Å². The summed E-state index contributed by atoms with van der Waals surface area (Å²) >= 11 is 0. The average molecular weight is 247 g/mol. The molecule has 18 heavy (non-hydrogen) atoms. The molecule has 1 N–H and O–H groups in total. The lowest BCUT2D eigenvalue weighted by Gasteiger charge is -2.32. The van der Waals surface area contributed by atoms with E-state index in [-0.39, 0.29) is 0 Å². The number of piperidine rings is 1. The minimum absolute atomic E-state index is 0.418. The summed E-state index contributed by atoms with van der Waals surface area (Å²) in [5.41, 5.74) is 1.32. The minimum Gasteiger partial charge on any atom is -0.310 e. The number of rotatable bonds is 5. The smallest absolute Gasteiger partial charge is 0.0292 e. The second-order valence-corrected chi connectivity index (χ2v) is 5.38. The zero-order chi connectivity index (χ0) is 12.8. The molecule has 100 valence electrons. The largest absolute Gasteiger partial charge is 0.310 e. The summed E-state index contributed by atoms with van der Waals surface area (Å²) in [6.07, 6.45) is 9.11. The fraction of sp³-hybridized carbons (Fsp3) is 0.667. The summed E-state index contributed by atoms with van der Waals surface area (Å²) in [6, 6.07) is 5.37. The first kappa shape index (κ1) is 13.5. The molecule has 0 amide bonds. The predicted octanol–water partition coefficient (Wildman–Crippen LogP) is 2.61. The Kier molecular flexibility index (Phi) is 5.14. The lowest BCUT2D eigenvalue weighted by molar-refractivity contribution is 0.174. The van der Waals surface area contributed by atoms with Crippen LogP contribution in [0.2, 0.25) is 0 Å². The maximum atomic E-state index is 4.06. The molecular formula is C15H25N3. The third kappa shape index (κ3) is 3.79. The van der Waals surface area contributed by atoms with Gasteiger partial charge >= 0.3 is 0 Å². The summed E-state index contributed by atoms with van der Waals surface area (Å²) < 4.78 is 0. The van der Waals surface area contributed by atoms with Crippen LogP contribution in [0.1, 0.15) is 44.2 Å². The van der Waals surface area contributed by atoms with Gasteiger partial charge in [0.15, 0.2) is 0 Å². The summed E-state index contributed by atoms with van der Waals surface area (Å²) in [6.45, 7) is 4.59. The number of hydrogen-bond acceptors (Lipinski definition) is 3. The number of aromatic nitrogens is 1. The molecule has 0 saturated carbocycles. The molecule has 3 nitrogen and oxygen atoms in total. The predicted molar refractivity (Wildman–Crippen MR) is 75.5 cm³/mol. The summed E-state index contributed by atoms with van der Waals surface area (Å²) in [4.78, 5) is 6.57. The molecule has 2 rings (SSSR count). The molecule has 2 atom stereocenters. The van der Waals surface area contributed by atoms with Crippen LogP contribution in [-0.2, 0) is 0 Å². The molecule has 2 heterocycles. The molecule has 1 aromatic rings. The fourth-order valence-electron chi connectivity index (χ4n) is 2.75. The van der Waals surface area contributed by atoms with Gasteiger partial charge in [-0.15, -0.1) is 0 Å². The Morgan fingerprint density at radius 3 is 2.89 bits per heavy atom. The maximum absolute atomic E-state index is 4.06. The molecule has 0 aromatic carbocycles. The molecular weight excluding hydrogens is 222 g/mol. The van der Waals surface area contributed by atoms with Gasteiger partial charge < -0.3 is 10.2 Å². The molecule has 1 aliphatic heterocycles. The lowest BCUT2D eigenvalue weighted by Crippen LogP contribution is -2.38. The van der Waals surface area contributed by atoms with Gasteiger partial charge in [-0.3, -0.25) is 4.98 Å². The Bertz CT molecular complexity index is 339. The van der Waals surface area contributed by atoms with Gasteiger partial charge in [0.25, 0.3) is 0 Å². The van der Waals surface area contributed by atoms with E-state index in [1.54, 1.807) is 0 Å². The average Bonchev–Trinajstić information content (AvgIpc) is 2.42. The molecule has 1 unspecified atom stereocenters. The summed E-state index contributed by atoms with van der Waals surface area (Å²) in [7, 11) is 2.26. The van der Waals surface area contributed by atoms with Gasteiger partial charge in [-0.05, 0) is 64.0 Å². The van der Waals surface area contributed by atoms with E-state index in [1.807, 2.05) is 12.4 Å². The van der Waals surface area contributed by atoms with Crippen molar-refractivity contribution in [2.24, 2.45) is 0 Å². The van der Waals surface area contributed by atoms with Gasteiger partial charge in [0.1, 0.15) is 0 Å². The second kappa shape index (κ2) is 6.86. The monoisotopic (exact) mass is 247 g/mol. The van der Waals surface area contributed by atoms with Crippen molar-refractivity contribution in [3.63, 3.8) is 0 Å². The molecule has 0 spiro atoms. The number of hydrogen-bond donors (Lipinski definition) is 1. The molecule has 0 radical (unpaired) electrons. The first-order valence-corrected chi connectivity index (χ1v) is 7.11. The van der Waals surface area contributed by atoms with E-state index in [0.29, 0.717) is 6.04 Å². The lowest BCUT2D eigenvalue weighted by atomic mass is 10.00. The van der Waals surface area contributed by atoms with Gasteiger partial charge in [0, 0.05) is 24.5 Å². The fourth-order valence-corrected chi connectivity index (χ4v) is 2.75. The Labute approximate surface area is 111 Å². The zero-order valence-corrected chi connectivity index (χ0v) is 11.6. The maximum Gasteiger partial charge on any atom is 0.0292 e. The van der Waals surface area contributed by atoms with Crippen molar-refractivity contribution in [3.8, 4) is 0 Å². The van der Waals surface area contributed by atoms with Crippen LogP contribution in [0, 0.1) is 0 Å². The van der Waals surface area contributed by atoms with Crippen LogP contribution < -0.4 is 5.32 Å². The Morgan fingerprint density at radius 2 is 2.17 bits per heavy atom. The second-order valence-electron chi connectivity index (χ2n) is 5.38. The van der Waals surface area contributed by atoms with E-state index in [9.17, 15) is 0 Å². The van der Waals surface area contributed by atoms with Crippen molar-refractivity contribution in [1.82, 2.24) is 15.2 Å². The highest BCUT2D eigenvalue weighted by Crippen LogP contribution is 2.18. The van der Waals surface area contributed by atoms with E-state index in [2.05, 4.69) is 41.3 Å². The van der Waals surface area contributed by atoms with Crippen LogP contribution in [0.25, 0.3) is 0 Å². The van der Waals surface area contributed by atoms with Gasteiger partial charge in [0.2, 0.25) is 0 Å². The van der Waals surface area contributed by atoms with Crippen molar-refractivity contribution < 1.29 is 0 Å². The standard InChI is InChI=1S/C15H25N3/c1-13(14-6-9-16-10-7-14)17-11-8-15-5-3-4-12-18(15)2/h6-7,9-10,13,15,17H,3-5,8,11-12H2,1-2H3/t13-,15?/m0/s1. The molecule has 1 saturated heterocycles. The SMILES string of the molecule is C[C@H](NCCC1CCCCN1C)c1ccncc1. The van der Waals surface area contributed by atoms with Gasteiger partial charge in [-0.1, -0.05) is 6.42 Å². The van der Waals surface area contributed by atoms with E-state index in [0.717, 1.165) is 12.6 Å². The van der Waals surface area contributed by atoms with Crippen molar-refractivity contribution in [3.05, 3.63) is 30.1 Å². The van der Waals surface area contributed by atoms with Crippen molar-refractivity contribution in [1.29, 1.82) is 0 Å². The third-order valence-electron chi connectivity index (χ3n) is 4.06. The number of nitrogens with zero attached hydrogens (tertiary/aromatic N) is 2. The highest BCUT2D eigenvalue weighted by molar-refractivity contribution is 5.13. The topological polar surface area (TPSA) is 28.2 Å². The first-order chi connectivity index (χ1) is 8.77.